The van der Waals surface area contributed by atoms with Crippen LogP contribution in [0.4, 0.5) is 0 Å². The molecule has 1 N–H and O–H groups in total. The minimum absolute atomic E-state index is 0.269. The van der Waals surface area contributed by atoms with Gasteiger partial charge in [-0.25, -0.2) is 8.42 Å². The Morgan fingerprint density at radius 2 is 2.05 bits per heavy atom. The Morgan fingerprint density at radius 3 is 2.74 bits per heavy atom. The van der Waals surface area contributed by atoms with Crippen LogP contribution in [0.25, 0.3) is 0 Å². The summed E-state index contributed by atoms with van der Waals surface area (Å²) in [6, 6.07) is 0.303. The van der Waals surface area contributed by atoms with Crippen molar-refractivity contribution >= 4 is 9.84 Å². The van der Waals surface area contributed by atoms with Gasteiger partial charge in [0.2, 0.25) is 0 Å². The van der Waals surface area contributed by atoms with Gasteiger partial charge in [0, 0.05) is 31.4 Å². The van der Waals surface area contributed by atoms with Gasteiger partial charge in [0.25, 0.3) is 0 Å². The number of hydrogen-bond acceptors (Lipinski definition) is 5. The second kappa shape index (κ2) is 8.89. The summed E-state index contributed by atoms with van der Waals surface area (Å²) in [7, 11) is -2.88. The number of rotatable bonds is 9. The number of nitrogens with one attached hydrogen (secondary N) is 1. The standard InChI is InChI=1S/C13H28N2O3S/c1-3-5-14-11-13-12-18-8-6-15(13)7-10-19(16,17)9-4-2/h13-14H,3-12H2,1-2H3. The smallest absolute Gasteiger partial charge is 0.151 e. The third-order valence-corrected chi connectivity index (χ3v) is 5.20. The van der Waals surface area contributed by atoms with E-state index in [9.17, 15) is 8.42 Å². The Labute approximate surface area is 117 Å². The molecule has 114 valence electrons. The molecule has 1 unspecified atom stereocenters. The van der Waals surface area contributed by atoms with Crippen LogP contribution >= 0.6 is 0 Å². The monoisotopic (exact) mass is 292 g/mol. The maximum atomic E-state index is 11.8. The first kappa shape index (κ1) is 16.9. The Hall–Kier alpha value is -0.170. The summed E-state index contributed by atoms with van der Waals surface area (Å²) in [6.45, 7) is 8.79. The van der Waals surface area contributed by atoms with E-state index in [1.54, 1.807) is 0 Å². The van der Waals surface area contributed by atoms with Crippen molar-refractivity contribution in [3.05, 3.63) is 0 Å². The summed E-state index contributed by atoms with van der Waals surface area (Å²) >= 11 is 0. The molecule has 0 spiro atoms. The molecule has 1 fully saturated rings. The molecular weight excluding hydrogens is 264 g/mol. The number of ether oxygens (including phenoxy) is 1. The van der Waals surface area contributed by atoms with E-state index in [2.05, 4.69) is 17.1 Å². The minimum atomic E-state index is -2.88. The lowest BCUT2D eigenvalue weighted by atomic mass is 10.2. The first-order valence-corrected chi connectivity index (χ1v) is 9.14. The molecular formula is C13H28N2O3S. The molecule has 0 amide bonds. The molecule has 0 aliphatic carbocycles. The molecule has 0 radical (unpaired) electrons. The van der Waals surface area contributed by atoms with Gasteiger partial charge >= 0.3 is 0 Å². The Bertz CT molecular complexity index is 333. The van der Waals surface area contributed by atoms with Crippen LogP contribution in [-0.2, 0) is 14.6 Å². The zero-order chi connectivity index (χ0) is 14.1. The molecule has 5 nitrogen and oxygen atoms in total. The lowest BCUT2D eigenvalue weighted by Gasteiger charge is -2.35. The number of morpholine rings is 1. The normalized spacial score (nSPS) is 21.7. The molecule has 6 heteroatoms. The largest absolute Gasteiger partial charge is 0.378 e. The van der Waals surface area contributed by atoms with Gasteiger partial charge in [0.05, 0.1) is 19.0 Å². The summed E-state index contributed by atoms with van der Waals surface area (Å²) in [5.41, 5.74) is 0. The summed E-state index contributed by atoms with van der Waals surface area (Å²) in [5.74, 6) is 0.571. The van der Waals surface area contributed by atoms with Gasteiger partial charge in [-0.05, 0) is 19.4 Å². The van der Waals surface area contributed by atoms with E-state index in [1.165, 1.54) is 0 Å². The van der Waals surface area contributed by atoms with Crippen molar-refractivity contribution in [2.75, 3.05) is 50.9 Å². The van der Waals surface area contributed by atoms with Crippen LogP contribution in [0, 0.1) is 0 Å². The van der Waals surface area contributed by atoms with Gasteiger partial charge in [0.1, 0.15) is 0 Å². The molecule has 1 aliphatic heterocycles. The predicted octanol–water partition coefficient (Wildman–Crippen LogP) is 0.512. The Kier molecular flexibility index (Phi) is 7.90. The first-order chi connectivity index (χ1) is 9.09. The first-order valence-electron chi connectivity index (χ1n) is 7.32. The SMILES string of the molecule is CCCNCC1COCCN1CCS(=O)(=O)CCC. The van der Waals surface area contributed by atoms with E-state index in [0.29, 0.717) is 38.0 Å². The highest BCUT2D eigenvalue weighted by molar-refractivity contribution is 7.91. The fraction of sp³-hybridized carbons (Fsp3) is 1.00. The predicted molar refractivity (Wildman–Crippen MR) is 78.3 cm³/mol. The number of hydrogen-bond donors (Lipinski definition) is 1. The Balaban J connectivity index is 2.39. The van der Waals surface area contributed by atoms with Crippen molar-refractivity contribution < 1.29 is 13.2 Å². The molecule has 19 heavy (non-hydrogen) atoms. The zero-order valence-corrected chi connectivity index (χ0v) is 13.0. The third-order valence-electron chi connectivity index (χ3n) is 3.36. The van der Waals surface area contributed by atoms with Crippen LogP contribution in [0.15, 0.2) is 0 Å². The topological polar surface area (TPSA) is 58.6 Å². The minimum Gasteiger partial charge on any atom is -0.378 e. The van der Waals surface area contributed by atoms with Crippen LogP contribution in [-0.4, -0.2) is 70.3 Å². The van der Waals surface area contributed by atoms with Gasteiger partial charge in [-0.1, -0.05) is 13.8 Å². The maximum absolute atomic E-state index is 11.8. The van der Waals surface area contributed by atoms with Crippen LogP contribution in [0.1, 0.15) is 26.7 Å². The summed E-state index contributed by atoms with van der Waals surface area (Å²) in [5, 5.41) is 3.39. The lowest BCUT2D eigenvalue weighted by Crippen LogP contribution is -2.51. The highest BCUT2D eigenvalue weighted by Gasteiger charge is 2.23. The van der Waals surface area contributed by atoms with Crippen LogP contribution in [0.2, 0.25) is 0 Å². The average Bonchev–Trinajstić information content (AvgIpc) is 2.38. The molecule has 1 saturated heterocycles. The average molecular weight is 292 g/mol. The van der Waals surface area contributed by atoms with Crippen LogP contribution in [0.3, 0.4) is 0 Å². The van der Waals surface area contributed by atoms with Crippen molar-refractivity contribution in [1.82, 2.24) is 10.2 Å². The van der Waals surface area contributed by atoms with Crippen molar-refractivity contribution in [2.45, 2.75) is 32.7 Å². The number of sulfone groups is 1. The molecule has 0 saturated carbocycles. The van der Waals surface area contributed by atoms with Crippen molar-refractivity contribution in [3.8, 4) is 0 Å². The highest BCUT2D eigenvalue weighted by Crippen LogP contribution is 2.07. The molecule has 1 aliphatic rings. The number of nitrogens with zero attached hydrogens (tertiary/aromatic N) is 1. The zero-order valence-electron chi connectivity index (χ0n) is 12.2. The fourth-order valence-electron chi connectivity index (χ4n) is 2.29. The molecule has 0 bridgehead atoms. The van der Waals surface area contributed by atoms with E-state index < -0.39 is 9.84 Å². The quantitative estimate of drug-likeness (QED) is 0.628. The maximum Gasteiger partial charge on any atom is 0.151 e. The fourth-order valence-corrected chi connectivity index (χ4v) is 3.63. The summed E-state index contributed by atoms with van der Waals surface area (Å²) < 4.78 is 29.0. The molecule has 0 aromatic heterocycles. The van der Waals surface area contributed by atoms with Gasteiger partial charge in [-0.15, -0.1) is 0 Å². The summed E-state index contributed by atoms with van der Waals surface area (Å²) in [6.07, 6.45) is 1.81. The Morgan fingerprint density at radius 1 is 1.26 bits per heavy atom. The van der Waals surface area contributed by atoms with E-state index in [0.717, 1.165) is 26.1 Å². The van der Waals surface area contributed by atoms with Crippen LogP contribution < -0.4 is 5.32 Å². The molecule has 0 aromatic rings. The van der Waals surface area contributed by atoms with E-state index in [1.807, 2.05) is 6.92 Å². The highest BCUT2D eigenvalue weighted by atomic mass is 32.2. The second-order valence-electron chi connectivity index (χ2n) is 5.12. The van der Waals surface area contributed by atoms with Gasteiger partial charge in [0.15, 0.2) is 9.84 Å². The van der Waals surface area contributed by atoms with E-state index >= 15 is 0 Å². The van der Waals surface area contributed by atoms with Crippen LogP contribution in [0.5, 0.6) is 0 Å². The molecule has 1 heterocycles. The van der Waals surface area contributed by atoms with Crippen molar-refractivity contribution in [3.63, 3.8) is 0 Å². The van der Waals surface area contributed by atoms with E-state index in [4.69, 9.17) is 4.74 Å². The van der Waals surface area contributed by atoms with Gasteiger partial charge < -0.3 is 10.1 Å². The van der Waals surface area contributed by atoms with E-state index in [-0.39, 0.29) is 5.75 Å². The molecule has 0 aromatic carbocycles. The lowest BCUT2D eigenvalue weighted by molar-refractivity contribution is -0.00369. The van der Waals surface area contributed by atoms with Crippen molar-refractivity contribution in [2.24, 2.45) is 0 Å². The summed E-state index contributed by atoms with van der Waals surface area (Å²) in [4.78, 5) is 2.25. The molecule has 1 atom stereocenters. The van der Waals surface area contributed by atoms with Gasteiger partial charge in [-0.3, -0.25) is 4.90 Å². The third kappa shape index (κ3) is 6.70. The second-order valence-corrected chi connectivity index (χ2v) is 7.42. The molecule has 1 rings (SSSR count). The van der Waals surface area contributed by atoms with Gasteiger partial charge in [-0.2, -0.15) is 0 Å². The van der Waals surface area contributed by atoms with Crippen molar-refractivity contribution in [1.29, 1.82) is 0 Å².